The average Bonchev–Trinajstić information content (AvgIpc) is 3.88. The Morgan fingerprint density at radius 3 is 2.15 bits per heavy atom. The monoisotopic (exact) mass is 605 g/mol. The summed E-state index contributed by atoms with van der Waals surface area (Å²) in [5, 5.41) is 4.47. The minimum atomic E-state index is -0.102. The Morgan fingerprint density at radius 2 is 1.43 bits per heavy atom. The van der Waals surface area contributed by atoms with Crippen molar-refractivity contribution in [1.29, 1.82) is 0 Å². The van der Waals surface area contributed by atoms with E-state index in [0.717, 1.165) is 75.7 Å². The Labute approximate surface area is 271 Å². The lowest BCUT2D eigenvalue weighted by atomic mass is 9.99. The molecule has 7 rings (SSSR count). The summed E-state index contributed by atoms with van der Waals surface area (Å²) in [7, 11) is 0. The van der Waals surface area contributed by atoms with E-state index in [9.17, 15) is 0 Å². The molecule has 3 aliphatic rings. The van der Waals surface area contributed by atoms with Gasteiger partial charge < -0.3 is 15.0 Å². The summed E-state index contributed by atoms with van der Waals surface area (Å²) in [5.41, 5.74) is 15.5. The lowest BCUT2D eigenvalue weighted by Crippen LogP contribution is -2.19. The molecular formula is C41H43N5. The molecule has 4 aromatic rings. The number of benzene rings is 1. The van der Waals surface area contributed by atoms with Gasteiger partial charge in [0, 0.05) is 38.4 Å². The van der Waals surface area contributed by atoms with Crippen molar-refractivity contribution in [2.45, 2.75) is 73.3 Å². The van der Waals surface area contributed by atoms with Crippen molar-refractivity contribution in [3.63, 3.8) is 0 Å². The molecule has 5 nitrogen and oxygen atoms in total. The fourth-order valence-electron chi connectivity index (χ4n) is 7.43. The van der Waals surface area contributed by atoms with Crippen molar-refractivity contribution in [3.05, 3.63) is 138 Å². The maximum atomic E-state index is 5.22. The number of aliphatic imine (C=N–C) groups is 2. The summed E-state index contributed by atoms with van der Waals surface area (Å²) in [6.07, 6.45) is 17.1. The number of H-pyrrole nitrogens is 3. The maximum absolute atomic E-state index is 5.22. The van der Waals surface area contributed by atoms with Crippen LogP contribution < -0.4 is 21.4 Å². The molecular weight excluding hydrogens is 562 g/mol. The summed E-state index contributed by atoms with van der Waals surface area (Å²) < 4.78 is 0. The summed E-state index contributed by atoms with van der Waals surface area (Å²) in [6.45, 7) is 13.4. The molecule has 6 heterocycles. The average molecular weight is 606 g/mol. The van der Waals surface area contributed by atoms with Gasteiger partial charge in [0.1, 0.15) is 0 Å². The zero-order chi connectivity index (χ0) is 31.9. The van der Waals surface area contributed by atoms with E-state index in [0.29, 0.717) is 0 Å². The molecule has 1 atom stereocenters. The fourth-order valence-corrected chi connectivity index (χ4v) is 7.43. The van der Waals surface area contributed by atoms with Gasteiger partial charge in [-0.2, -0.15) is 0 Å². The van der Waals surface area contributed by atoms with Gasteiger partial charge in [-0.05, 0) is 121 Å². The summed E-state index contributed by atoms with van der Waals surface area (Å²) in [5.74, 6) is 0. The van der Waals surface area contributed by atoms with Gasteiger partial charge in [-0.25, -0.2) is 4.99 Å². The largest absolute Gasteiger partial charge is 0.355 e. The first-order chi connectivity index (χ1) is 22.4. The standard InChI is InChI=1S/C41H43N5/c1-7-29-24(5)35-20-27-16-18-33(42-27)41(26-14-12-11-13-15-26)34-19-17-28(43-34)21-36-25(6)30(8-2)38(45-36)23-40-32(10-4)31(9-3)39(46-40)22-37(29)44-35/h11-23,33,43,45-46H,7-10H2,1-6H3/b28-21-,35-20?,39-22?,40-23?,41-34-. The normalized spacial score (nSPS) is 19.2. The lowest BCUT2D eigenvalue weighted by molar-refractivity contribution is 1.04. The van der Waals surface area contributed by atoms with Crippen LogP contribution in [0.2, 0.25) is 0 Å². The lowest BCUT2D eigenvalue weighted by Gasteiger charge is -2.11. The first-order valence-corrected chi connectivity index (χ1v) is 16.8. The van der Waals surface area contributed by atoms with Crippen LogP contribution in [-0.2, 0) is 19.3 Å². The third-order valence-electron chi connectivity index (χ3n) is 9.81. The molecule has 0 aliphatic carbocycles. The van der Waals surface area contributed by atoms with Crippen LogP contribution in [0.25, 0.3) is 23.8 Å². The zero-order valence-electron chi connectivity index (χ0n) is 27.8. The predicted octanol–water partition coefficient (Wildman–Crippen LogP) is 5.76. The van der Waals surface area contributed by atoms with Crippen molar-refractivity contribution < 1.29 is 0 Å². The van der Waals surface area contributed by atoms with E-state index < -0.39 is 0 Å². The Morgan fingerprint density at radius 1 is 0.696 bits per heavy atom. The first-order valence-electron chi connectivity index (χ1n) is 16.8. The number of fused-ring (bicyclic) bond motifs is 8. The predicted molar refractivity (Wildman–Crippen MR) is 193 cm³/mol. The van der Waals surface area contributed by atoms with Crippen molar-refractivity contribution in [2.24, 2.45) is 9.98 Å². The highest BCUT2D eigenvalue weighted by molar-refractivity contribution is 6.23. The number of aromatic nitrogens is 3. The van der Waals surface area contributed by atoms with Crippen LogP contribution in [0.1, 0.15) is 80.2 Å². The summed E-state index contributed by atoms with van der Waals surface area (Å²) in [6, 6.07) is 14.9. The molecule has 1 aromatic carbocycles. The smallest absolute Gasteiger partial charge is 0.0967 e. The molecule has 1 unspecified atom stereocenters. The van der Waals surface area contributed by atoms with Gasteiger partial charge in [0.15, 0.2) is 0 Å². The molecule has 0 saturated heterocycles. The van der Waals surface area contributed by atoms with Gasteiger partial charge in [-0.3, -0.25) is 4.99 Å². The molecule has 5 heteroatoms. The molecule has 232 valence electrons. The van der Waals surface area contributed by atoms with Crippen LogP contribution in [0, 0.1) is 6.92 Å². The Balaban J connectivity index is 1.55. The van der Waals surface area contributed by atoms with Gasteiger partial charge in [0.2, 0.25) is 0 Å². The van der Waals surface area contributed by atoms with Crippen molar-refractivity contribution in [2.75, 3.05) is 0 Å². The van der Waals surface area contributed by atoms with Gasteiger partial charge in [-0.15, -0.1) is 0 Å². The minimum Gasteiger partial charge on any atom is -0.355 e. The minimum absolute atomic E-state index is 0.102. The maximum Gasteiger partial charge on any atom is 0.0967 e. The molecule has 3 aliphatic heterocycles. The second-order valence-electron chi connectivity index (χ2n) is 12.4. The second-order valence-corrected chi connectivity index (χ2v) is 12.4. The topological polar surface area (TPSA) is 72.1 Å². The molecule has 0 saturated carbocycles. The van der Waals surface area contributed by atoms with Crippen LogP contribution in [0.3, 0.4) is 0 Å². The summed E-state index contributed by atoms with van der Waals surface area (Å²) in [4.78, 5) is 21.8. The van der Waals surface area contributed by atoms with Crippen LogP contribution in [0.5, 0.6) is 0 Å². The molecule has 3 aromatic heterocycles. The number of nitrogens with zero attached hydrogens (tertiary/aromatic N) is 2. The highest BCUT2D eigenvalue weighted by Crippen LogP contribution is 2.29. The Hall–Kier alpha value is -4.90. The number of hydrogen-bond donors (Lipinski definition) is 3. The van der Waals surface area contributed by atoms with E-state index in [1.165, 1.54) is 44.4 Å². The Bertz CT molecular complexity index is 2250. The molecule has 0 amide bonds. The van der Waals surface area contributed by atoms with Gasteiger partial charge in [0.25, 0.3) is 0 Å². The number of rotatable bonds is 5. The van der Waals surface area contributed by atoms with Crippen molar-refractivity contribution in [1.82, 2.24) is 15.0 Å². The fraction of sp³-hybridized carbons (Fsp3) is 0.268. The van der Waals surface area contributed by atoms with Crippen LogP contribution in [-0.4, -0.2) is 32.4 Å². The number of hydrogen-bond acceptors (Lipinski definition) is 2. The second kappa shape index (κ2) is 12.1. The van der Waals surface area contributed by atoms with Crippen LogP contribution in [0.15, 0.2) is 87.5 Å². The highest BCUT2D eigenvalue weighted by atomic mass is 14.8. The molecule has 0 radical (unpaired) electrons. The van der Waals surface area contributed by atoms with E-state index in [-0.39, 0.29) is 6.04 Å². The first kappa shape index (κ1) is 29.8. The summed E-state index contributed by atoms with van der Waals surface area (Å²) >= 11 is 0. The zero-order valence-corrected chi connectivity index (χ0v) is 27.8. The molecule has 3 N–H and O–H groups in total. The van der Waals surface area contributed by atoms with Crippen LogP contribution in [0.4, 0.5) is 0 Å². The molecule has 10 bridgehead atoms. The van der Waals surface area contributed by atoms with Gasteiger partial charge in [-0.1, -0.05) is 64.1 Å². The highest BCUT2D eigenvalue weighted by Gasteiger charge is 2.22. The third-order valence-corrected chi connectivity index (χ3v) is 9.81. The van der Waals surface area contributed by atoms with E-state index in [2.05, 4.69) is 135 Å². The van der Waals surface area contributed by atoms with E-state index in [1.54, 1.807) is 0 Å². The quantitative estimate of drug-likeness (QED) is 0.259. The van der Waals surface area contributed by atoms with Crippen molar-refractivity contribution >= 4 is 35.2 Å². The Kier molecular flexibility index (Phi) is 7.85. The third kappa shape index (κ3) is 5.14. The molecule has 0 spiro atoms. The van der Waals surface area contributed by atoms with E-state index in [4.69, 9.17) is 9.98 Å². The van der Waals surface area contributed by atoms with E-state index in [1.807, 2.05) is 0 Å². The van der Waals surface area contributed by atoms with Crippen LogP contribution >= 0.6 is 0 Å². The number of aromatic amines is 3. The SMILES string of the molecule is CCC1=C(C)C2=CC3=NC(C=C3)/C(c3ccccc3)=c3/cc/c([nH]3)=C/c3[nH]c(c(CC)c3C)C=c3[nH]c(c(CC)c3CC)=CC1=N2. The number of nitrogens with one attached hydrogen (secondary N) is 3. The number of allylic oxidation sites excluding steroid dienone is 4. The molecule has 0 fully saturated rings. The van der Waals surface area contributed by atoms with Crippen molar-refractivity contribution in [3.8, 4) is 0 Å². The van der Waals surface area contributed by atoms with E-state index >= 15 is 0 Å². The van der Waals surface area contributed by atoms with Gasteiger partial charge in [0.05, 0.1) is 23.2 Å². The molecule has 46 heavy (non-hydrogen) atoms. The van der Waals surface area contributed by atoms with Gasteiger partial charge >= 0.3 is 0 Å².